The number of methoxy groups -OCH3 is 2. The first-order valence-corrected chi connectivity index (χ1v) is 12.7. The molecular formula is C30H29N3O5. The minimum Gasteiger partial charge on any atom is -0.493 e. The van der Waals surface area contributed by atoms with Crippen molar-refractivity contribution in [2.75, 3.05) is 52.0 Å². The molecule has 0 N–H and O–H groups in total. The second kappa shape index (κ2) is 10.6. The zero-order chi connectivity index (χ0) is 25.9. The van der Waals surface area contributed by atoms with Crippen LogP contribution in [0.25, 0.3) is 33.2 Å². The van der Waals surface area contributed by atoms with Gasteiger partial charge in [-0.3, -0.25) is 0 Å². The van der Waals surface area contributed by atoms with Crippen LogP contribution in [0.4, 0.5) is 5.82 Å². The van der Waals surface area contributed by atoms with Gasteiger partial charge in [0, 0.05) is 30.5 Å². The number of hydrogen-bond donors (Lipinski definition) is 0. The van der Waals surface area contributed by atoms with Gasteiger partial charge in [0.25, 0.3) is 0 Å². The van der Waals surface area contributed by atoms with Crippen molar-refractivity contribution >= 4 is 27.7 Å². The maximum atomic E-state index is 6.23. The van der Waals surface area contributed by atoms with Crippen LogP contribution >= 0.6 is 0 Å². The molecule has 0 aliphatic carbocycles. The molecule has 5 aromatic rings. The number of ether oxygens (including phenoxy) is 4. The highest BCUT2D eigenvalue weighted by Gasteiger charge is 2.22. The third-order valence-electron chi connectivity index (χ3n) is 6.76. The zero-order valence-electron chi connectivity index (χ0n) is 21.5. The summed E-state index contributed by atoms with van der Waals surface area (Å²) in [5.41, 5.74) is 3.69. The standard InChI is InChI=1S/C30H29N3O5/c1-34-25-11-10-20(18-27(25)35-2)12-15-37-30-31-23-8-5-7-22(26-19-21-6-3-4-9-24(21)38-26)28(23)29(32-30)33-13-16-36-17-14-33/h3-11,18-19H,12-17H2,1-2H3. The predicted molar refractivity (Wildman–Crippen MR) is 147 cm³/mol. The highest BCUT2D eigenvalue weighted by molar-refractivity contribution is 6.02. The fraction of sp³-hybridized carbons (Fsp3) is 0.267. The number of nitrogens with zero attached hydrogens (tertiary/aromatic N) is 3. The lowest BCUT2D eigenvalue weighted by molar-refractivity contribution is 0.122. The summed E-state index contributed by atoms with van der Waals surface area (Å²) < 4.78 is 28.7. The van der Waals surface area contributed by atoms with Crippen LogP contribution in [0.5, 0.6) is 17.5 Å². The zero-order valence-corrected chi connectivity index (χ0v) is 21.5. The Hall–Kier alpha value is -4.30. The maximum Gasteiger partial charge on any atom is 0.318 e. The number of anilines is 1. The Morgan fingerprint density at radius 2 is 1.71 bits per heavy atom. The molecule has 2 aromatic heterocycles. The molecule has 8 nitrogen and oxygen atoms in total. The summed E-state index contributed by atoms with van der Waals surface area (Å²) in [7, 11) is 3.26. The monoisotopic (exact) mass is 511 g/mol. The van der Waals surface area contributed by atoms with Crippen LogP contribution in [0, 0.1) is 0 Å². The second-order valence-corrected chi connectivity index (χ2v) is 9.07. The average molecular weight is 512 g/mol. The van der Waals surface area contributed by atoms with E-state index in [1.165, 1.54) is 0 Å². The number of furan rings is 1. The summed E-state index contributed by atoms with van der Waals surface area (Å²) in [5, 5.41) is 2.00. The Morgan fingerprint density at radius 1 is 0.868 bits per heavy atom. The summed E-state index contributed by atoms with van der Waals surface area (Å²) in [6.07, 6.45) is 0.674. The predicted octanol–water partition coefficient (Wildman–Crippen LogP) is 5.52. The second-order valence-electron chi connectivity index (χ2n) is 9.07. The van der Waals surface area contributed by atoms with E-state index < -0.39 is 0 Å². The van der Waals surface area contributed by atoms with Gasteiger partial charge < -0.3 is 28.3 Å². The summed E-state index contributed by atoms with van der Waals surface area (Å²) in [4.78, 5) is 11.9. The number of rotatable bonds is 8. The Balaban J connectivity index is 1.34. The normalized spacial score (nSPS) is 13.7. The molecule has 0 amide bonds. The fourth-order valence-corrected chi connectivity index (χ4v) is 4.83. The molecule has 0 atom stereocenters. The number of para-hydroxylation sites is 1. The third-order valence-corrected chi connectivity index (χ3v) is 6.76. The van der Waals surface area contributed by atoms with Crippen molar-refractivity contribution in [1.29, 1.82) is 0 Å². The summed E-state index contributed by atoms with van der Waals surface area (Å²) in [6, 6.07) is 22.4. The van der Waals surface area contributed by atoms with Gasteiger partial charge >= 0.3 is 6.01 Å². The minimum absolute atomic E-state index is 0.348. The van der Waals surface area contributed by atoms with Crippen LogP contribution < -0.4 is 19.1 Å². The topological polar surface area (TPSA) is 79.1 Å². The van der Waals surface area contributed by atoms with Gasteiger partial charge in [0.15, 0.2) is 11.5 Å². The molecule has 0 saturated carbocycles. The molecule has 0 spiro atoms. The average Bonchev–Trinajstić information content (AvgIpc) is 3.41. The number of hydrogen-bond acceptors (Lipinski definition) is 8. The van der Waals surface area contributed by atoms with Gasteiger partial charge in [-0.2, -0.15) is 9.97 Å². The van der Waals surface area contributed by atoms with E-state index in [0.29, 0.717) is 43.8 Å². The molecular weight excluding hydrogens is 482 g/mol. The fourth-order valence-electron chi connectivity index (χ4n) is 4.83. The van der Waals surface area contributed by atoms with E-state index in [1.807, 2.05) is 48.5 Å². The van der Waals surface area contributed by atoms with Crippen LogP contribution in [0.15, 0.2) is 71.1 Å². The van der Waals surface area contributed by atoms with E-state index in [0.717, 1.165) is 57.7 Å². The quantitative estimate of drug-likeness (QED) is 0.270. The van der Waals surface area contributed by atoms with Crippen molar-refractivity contribution in [3.63, 3.8) is 0 Å². The summed E-state index contributed by atoms with van der Waals surface area (Å²) >= 11 is 0. The molecule has 0 radical (unpaired) electrons. The third kappa shape index (κ3) is 4.70. The van der Waals surface area contributed by atoms with Crippen molar-refractivity contribution < 1.29 is 23.4 Å². The SMILES string of the molecule is COc1ccc(CCOc2nc(N3CCOCC3)c3c(-c4cc5ccccc5o4)cccc3n2)cc1OC. The van der Waals surface area contributed by atoms with Gasteiger partial charge in [0.2, 0.25) is 0 Å². The van der Waals surface area contributed by atoms with Crippen molar-refractivity contribution in [1.82, 2.24) is 9.97 Å². The minimum atomic E-state index is 0.348. The molecule has 38 heavy (non-hydrogen) atoms. The van der Waals surface area contributed by atoms with Crippen molar-refractivity contribution in [3.05, 3.63) is 72.3 Å². The highest BCUT2D eigenvalue weighted by Crippen LogP contribution is 2.38. The van der Waals surface area contributed by atoms with Crippen LogP contribution in [0.3, 0.4) is 0 Å². The Kier molecular flexibility index (Phi) is 6.71. The van der Waals surface area contributed by atoms with E-state index in [9.17, 15) is 0 Å². The molecule has 1 aliphatic heterocycles. The number of fused-ring (bicyclic) bond motifs is 2. The molecule has 1 saturated heterocycles. The van der Waals surface area contributed by atoms with Gasteiger partial charge in [-0.1, -0.05) is 36.4 Å². The van der Waals surface area contributed by atoms with Gasteiger partial charge in [-0.25, -0.2) is 0 Å². The molecule has 1 fully saturated rings. The molecule has 3 aromatic carbocycles. The first-order chi connectivity index (χ1) is 18.7. The van der Waals surface area contributed by atoms with Gasteiger partial charge in [0.1, 0.15) is 17.2 Å². The first kappa shape index (κ1) is 24.1. The summed E-state index contributed by atoms with van der Waals surface area (Å²) in [6.45, 7) is 3.20. The van der Waals surface area contributed by atoms with Crippen LogP contribution in [-0.2, 0) is 11.2 Å². The van der Waals surface area contributed by atoms with E-state index in [1.54, 1.807) is 14.2 Å². The number of aromatic nitrogens is 2. The largest absolute Gasteiger partial charge is 0.493 e. The van der Waals surface area contributed by atoms with E-state index in [2.05, 4.69) is 23.1 Å². The number of benzene rings is 3. The van der Waals surface area contributed by atoms with Gasteiger partial charge in [-0.15, -0.1) is 0 Å². The highest BCUT2D eigenvalue weighted by atomic mass is 16.5. The lowest BCUT2D eigenvalue weighted by Crippen LogP contribution is -2.37. The smallest absolute Gasteiger partial charge is 0.318 e. The van der Waals surface area contributed by atoms with Crippen molar-refractivity contribution in [2.24, 2.45) is 0 Å². The van der Waals surface area contributed by atoms with Crippen molar-refractivity contribution in [3.8, 4) is 28.8 Å². The first-order valence-electron chi connectivity index (χ1n) is 12.7. The molecule has 6 rings (SSSR count). The Labute approximate surface area is 220 Å². The Morgan fingerprint density at radius 3 is 2.53 bits per heavy atom. The van der Waals surface area contributed by atoms with E-state index in [-0.39, 0.29) is 0 Å². The number of morpholine rings is 1. The lowest BCUT2D eigenvalue weighted by Gasteiger charge is -2.29. The molecule has 8 heteroatoms. The van der Waals surface area contributed by atoms with E-state index in [4.69, 9.17) is 33.3 Å². The molecule has 1 aliphatic rings. The van der Waals surface area contributed by atoms with Gasteiger partial charge in [-0.05, 0) is 35.9 Å². The van der Waals surface area contributed by atoms with Crippen LogP contribution in [0.1, 0.15) is 5.56 Å². The lowest BCUT2D eigenvalue weighted by atomic mass is 10.1. The Bertz CT molecular complexity index is 1540. The van der Waals surface area contributed by atoms with E-state index >= 15 is 0 Å². The molecule has 194 valence electrons. The van der Waals surface area contributed by atoms with Crippen LogP contribution in [-0.4, -0.2) is 57.1 Å². The maximum absolute atomic E-state index is 6.23. The van der Waals surface area contributed by atoms with Gasteiger partial charge in [0.05, 0.1) is 44.9 Å². The summed E-state index contributed by atoms with van der Waals surface area (Å²) in [5.74, 6) is 3.01. The van der Waals surface area contributed by atoms with Crippen molar-refractivity contribution in [2.45, 2.75) is 6.42 Å². The molecule has 0 unspecified atom stereocenters. The van der Waals surface area contributed by atoms with Crippen LogP contribution in [0.2, 0.25) is 0 Å². The molecule has 3 heterocycles. The molecule has 0 bridgehead atoms.